The molecule has 5 heterocycles. The van der Waals surface area contributed by atoms with E-state index in [1.807, 2.05) is 36.4 Å². The summed E-state index contributed by atoms with van der Waals surface area (Å²) >= 11 is 0. The summed E-state index contributed by atoms with van der Waals surface area (Å²) in [7, 11) is 1.47. The van der Waals surface area contributed by atoms with Crippen LogP contribution in [0.15, 0.2) is 95.8 Å². The molecule has 11 rings (SSSR count). The van der Waals surface area contributed by atoms with Crippen LogP contribution in [0, 0.1) is 12.7 Å². The Bertz CT molecular complexity index is 4300. The first-order valence-electron chi connectivity index (χ1n) is 32.3. The van der Waals surface area contributed by atoms with Crippen molar-refractivity contribution in [1.29, 1.82) is 0 Å². The molecule has 9 amide bonds. The van der Waals surface area contributed by atoms with E-state index >= 15 is 4.39 Å². The largest absolute Gasteiger partial charge is 0.458 e. The summed E-state index contributed by atoms with van der Waals surface area (Å²) in [5.74, 6) is -8.21. The second-order valence-corrected chi connectivity index (χ2v) is 25.0. The summed E-state index contributed by atoms with van der Waals surface area (Å²) in [5.41, 5.74) is 10.0. The summed E-state index contributed by atoms with van der Waals surface area (Å²) in [6.45, 7) is -0.707. The predicted octanol–water partition coefficient (Wildman–Crippen LogP) is -0.764. The number of esters is 1. The Kier molecular flexibility index (Phi) is 21.1. The molecule has 31 heteroatoms. The fourth-order valence-electron chi connectivity index (χ4n) is 13.4. The van der Waals surface area contributed by atoms with Gasteiger partial charge in [0, 0.05) is 55.4 Å². The van der Waals surface area contributed by atoms with Crippen molar-refractivity contribution >= 4 is 70.2 Å². The fourth-order valence-corrected chi connectivity index (χ4v) is 13.4. The summed E-state index contributed by atoms with van der Waals surface area (Å²) in [4.78, 5) is 153. The van der Waals surface area contributed by atoms with E-state index < -0.39 is 183 Å². The quantitative estimate of drug-likeness (QED) is 0.0190. The van der Waals surface area contributed by atoms with Crippen molar-refractivity contribution in [2.75, 3.05) is 46.6 Å². The number of hydrogen-bond donors (Lipinski definition) is 12. The van der Waals surface area contributed by atoms with Crippen molar-refractivity contribution in [2.24, 2.45) is 5.73 Å². The van der Waals surface area contributed by atoms with Gasteiger partial charge in [-0.15, -0.1) is 0 Å². The number of aromatic nitrogens is 2. The lowest BCUT2D eigenvalue weighted by Gasteiger charge is -2.39. The van der Waals surface area contributed by atoms with Crippen molar-refractivity contribution in [3.63, 3.8) is 0 Å². The summed E-state index contributed by atoms with van der Waals surface area (Å²) in [6, 6.07) is 23.5. The van der Waals surface area contributed by atoms with Crippen molar-refractivity contribution in [3.05, 3.63) is 157 Å². The zero-order valence-electron chi connectivity index (χ0n) is 54.5. The number of amides is 9. The normalized spacial score (nSPS) is 20.5. The Balaban J connectivity index is 0.668. The van der Waals surface area contributed by atoms with Crippen LogP contribution in [0.3, 0.4) is 0 Å². The molecule has 5 aliphatic rings. The number of primary amides is 1. The molecule has 1 saturated heterocycles. The molecular formula is C69H74FN11O19. The minimum Gasteiger partial charge on any atom is -0.458 e. The van der Waals surface area contributed by atoms with Gasteiger partial charge >= 0.3 is 12.1 Å². The lowest BCUT2D eigenvalue weighted by atomic mass is 9.81. The highest BCUT2D eigenvalue weighted by Crippen LogP contribution is 2.48. The molecule has 0 saturated carbocycles. The minimum absolute atomic E-state index is 0.0179. The van der Waals surface area contributed by atoms with Gasteiger partial charge in [0.1, 0.15) is 56.2 Å². The molecule has 0 radical (unpaired) electrons. The van der Waals surface area contributed by atoms with Gasteiger partial charge in [0.05, 0.1) is 60.7 Å². The third-order valence-electron chi connectivity index (χ3n) is 18.7. The van der Waals surface area contributed by atoms with E-state index in [4.69, 9.17) is 29.7 Å². The molecule has 1 fully saturated rings. The molecule has 2 aliphatic carbocycles. The van der Waals surface area contributed by atoms with Crippen molar-refractivity contribution in [1.82, 2.24) is 51.7 Å². The van der Waals surface area contributed by atoms with E-state index in [2.05, 4.69) is 37.2 Å². The Hall–Kier alpha value is -10.6. The van der Waals surface area contributed by atoms with Gasteiger partial charge in [-0.2, -0.15) is 0 Å². The molecule has 526 valence electrons. The summed E-state index contributed by atoms with van der Waals surface area (Å²) in [5, 5.41) is 60.6. The van der Waals surface area contributed by atoms with Gasteiger partial charge in [0.2, 0.25) is 41.4 Å². The lowest BCUT2D eigenvalue weighted by Crippen LogP contribution is -2.62. The number of benzene rings is 4. The molecule has 2 aromatic heterocycles. The molecule has 4 aromatic carbocycles. The van der Waals surface area contributed by atoms with E-state index in [9.17, 15) is 73.2 Å². The lowest BCUT2D eigenvalue weighted by molar-refractivity contribution is -0.217. The highest BCUT2D eigenvalue weighted by molar-refractivity contribution is 5.96. The third-order valence-corrected chi connectivity index (χ3v) is 18.7. The second-order valence-electron chi connectivity index (χ2n) is 25.0. The van der Waals surface area contributed by atoms with Crippen LogP contribution in [0.4, 0.5) is 9.18 Å². The van der Waals surface area contributed by atoms with Gasteiger partial charge in [-0.25, -0.2) is 19.0 Å². The SMILES string of the molecule is CC[C@@]1(O)C(=O)OCc2c1cc1n(c2=O)Cc2c-1nc1cc(F)c(C)c3c1c2[C@@H](NC(=O)COCNC(=O)CNC(=O)[C@H](Cc1ccccc1)NC(=O)CNC(=O)CNC(=O)[C@H](CCC(=O)NC[C@@H]1O[C@H](C(N)=O)[C@@H](O)[C@H](O)[C@H]1O)OC(=O)N(C)C1c2ccccc2-c2ccccc21)CC3. The molecule has 3 aliphatic heterocycles. The monoisotopic (exact) mass is 1380 g/mol. The number of fused-ring (bicyclic) bond motifs is 8. The number of aliphatic hydroxyl groups excluding tert-OH is 3. The third kappa shape index (κ3) is 14.5. The van der Waals surface area contributed by atoms with Gasteiger partial charge in [0.25, 0.3) is 11.5 Å². The molecule has 100 heavy (non-hydrogen) atoms. The van der Waals surface area contributed by atoms with E-state index in [0.717, 1.165) is 22.3 Å². The number of cyclic esters (lactones) is 1. The molecular weight excluding hydrogens is 1310 g/mol. The maximum atomic E-state index is 15.5. The molecule has 6 aromatic rings. The van der Waals surface area contributed by atoms with Crippen LogP contribution in [0.1, 0.15) is 94.8 Å². The zero-order valence-corrected chi connectivity index (χ0v) is 54.5. The number of halogens is 1. The van der Waals surface area contributed by atoms with Crippen LogP contribution in [-0.2, 0) is 93.7 Å². The first-order valence-corrected chi connectivity index (χ1v) is 32.3. The number of carbonyl (C=O) groups excluding carboxylic acids is 10. The average Bonchev–Trinajstić information content (AvgIpc) is 1.41. The predicted molar refractivity (Wildman–Crippen MR) is 348 cm³/mol. The Morgan fingerprint density at radius 1 is 0.790 bits per heavy atom. The Morgan fingerprint density at radius 2 is 1.45 bits per heavy atom. The number of ether oxygens (including phenoxy) is 4. The Labute approximate surface area is 569 Å². The van der Waals surface area contributed by atoms with Gasteiger partial charge < -0.3 is 91.8 Å². The number of nitrogens with zero attached hydrogens (tertiary/aromatic N) is 3. The standard InChI is InChI=1S/C69H74FN11O19/c1-4-69(96)42-23-47-57-40(29-81(47)66(93)41(42)30-98-67(69)94)56-44(19-18-35-33(2)43(70)24-45(79-57)55(35)56)77-54(86)31-97-32-76-52(84)27-74-64(91)46(22-34-12-6-5-7-13-34)78-53(85)28-73-51(83)26-75-65(92)48(20-21-50(82)72-25-49-59(87)60(88)61(89)62(99-49)63(71)90)100-68(95)80(3)58-38-16-10-8-14-36(38)37-15-9-11-17-39(37)58/h5-17,23-24,44,46,48-49,58-62,87-89,96H,4,18-22,25-32H2,1-3H3,(H2,71,90)(H,72,82)(H,73,83)(H,74,91)(H,75,92)(H,76,84)(H,77,86)(H,78,85)/t44-,46-,48-,49-,59-,60+,61-,62-,69-/m0/s1. The zero-order chi connectivity index (χ0) is 71.4. The van der Waals surface area contributed by atoms with Crippen LogP contribution in [-0.4, -0.2) is 183 Å². The number of aliphatic hydroxyl groups is 4. The van der Waals surface area contributed by atoms with Crippen LogP contribution < -0.4 is 48.5 Å². The molecule has 13 N–H and O–H groups in total. The number of pyridine rings is 2. The smallest absolute Gasteiger partial charge is 0.411 e. The van der Waals surface area contributed by atoms with Gasteiger partial charge in [-0.1, -0.05) is 85.8 Å². The second kappa shape index (κ2) is 29.9. The summed E-state index contributed by atoms with van der Waals surface area (Å²) < 4.78 is 38.8. The van der Waals surface area contributed by atoms with Gasteiger partial charge in [0.15, 0.2) is 17.8 Å². The van der Waals surface area contributed by atoms with E-state index in [-0.39, 0.29) is 42.6 Å². The van der Waals surface area contributed by atoms with Crippen LogP contribution >= 0.6 is 0 Å². The highest BCUT2D eigenvalue weighted by Gasteiger charge is 2.48. The number of nitrogens with two attached hydrogens (primary N) is 1. The van der Waals surface area contributed by atoms with E-state index in [1.165, 1.54) is 22.6 Å². The van der Waals surface area contributed by atoms with E-state index in [1.54, 1.807) is 62.4 Å². The average molecular weight is 1380 g/mol. The Morgan fingerprint density at radius 3 is 2.14 bits per heavy atom. The molecule has 30 nitrogen and oxygen atoms in total. The first-order chi connectivity index (χ1) is 47.9. The van der Waals surface area contributed by atoms with Crippen LogP contribution in [0.2, 0.25) is 0 Å². The number of carbonyl (C=O) groups is 10. The maximum absolute atomic E-state index is 15.5. The topological polar surface area (TPSA) is 437 Å². The summed E-state index contributed by atoms with van der Waals surface area (Å²) in [6.07, 6.45) is -11.7. The minimum atomic E-state index is -2.08. The highest BCUT2D eigenvalue weighted by atomic mass is 19.1. The number of hydrogen-bond acceptors (Lipinski definition) is 20. The number of aryl methyl sites for hydroxylation is 1. The first kappa shape index (κ1) is 70.7. The van der Waals surface area contributed by atoms with Crippen molar-refractivity contribution in [2.45, 2.75) is 126 Å². The molecule has 0 unspecified atom stereocenters. The number of rotatable bonds is 25. The van der Waals surface area contributed by atoms with E-state index in [0.29, 0.717) is 57.4 Å². The van der Waals surface area contributed by atoms with Gasteiger partial charge in [-0.3, -0.25) is 43.2 Å². The maximum Gasteiger partial charge on any atom is 0.411 e. The molecule has 0 bridgehead atoms. The molecule has 0 spiro atoms. The van der Waals surface area contributed by atoms with Gasteiger partial charge in [-0.05, 0) is 76.8 Å². The molecule has 9 atom stereocenters. The van der Waals surface area contributed by atoms with Crippen LogP contribution in [0.25, 0.3) is 33.4 Å². The van der Waals surface area contributed by atoms with Crippen molar-refractivity contribution < 1.29 is 91.7 Å². The fraction of sp³-hybridized carbons (Fsp3) is 0.391. The van der Waals surface area contributed by atoms with Crippen LogP contribution in [0.5, 0.6) is 0 Å². The van der Waals surface area contributed by atoms with Crippen molar-refractivity contribution in [3.8, 4) is 22.5 Å². The number of nitrogens with one attached hydrogen (secondary N) is 7.